The number of nitrogens with two attached hydrogens (primary N) is 1. The first kappa shape index (κ1) is 23.4. The normalized spacial score (nSPS) is 15.6. The van der Waals surface area contributed by atoms with Gasteiger partial charge in [0.25, 0.3) is 0 Å². The Balaban J connectivity index is 0.00000182. The third-order valence-electron chi connectivity index (χ3n) is 4.73. The Morgan fingerprint density at radius 1 is 1.22 bits per heavy atom. The maximum Gasteiger partial charge on any atom is 0.224 e. The van der Waals surface area contributed by atoms with Crippen LogP contribution < -0.4 is 16.0 Å². The van der Waals surface area contributed by atoms with Gasteiger partial charge in [-0.1, -0.05) is 29.8 Å². The predicted octanol–water partition coefficient (Wildman–Crippen LogP) is 4.26. The van der Waals surface area contributed by atoms with Crippen LogP contribution in [0, 0.1) is 12.8 Å². The molecule has 1 unspecified atom stereocenters. The zero-order valence-corrected chi connectivity index (χ0v) is 17.7. The first-order chi connectivity index (χ1) is 12.0. The summed E-state index contributed by atoms with van der Waals surface area (Å²) >= 11 is 6.13. The zero-order valence-electron chi connectivity index (χ0n) is 15.3. The van der Waals surface area contributed by atoms with Gasteiger partial charge in [-0.3, -0.25) is 4.79 Å². The smallest absolute Gasteiger partial charge is 0.224 e. The van der Waals surface area contributed by atoms with E-state index in [0.29, 0.717) is 24.6 Å². The van der Waals surface area contributed by atoms with Crippen LogP contribution in [0.3, 0.4) is 0 Å². The Morgan fingerprint density at radius 3 is 2.63 bits per heavy atom. The van der Waals surface area contributed by atoms with Gasteiger partial charge in [-0.2, -0.15) is 0 Å². The topological polar surface area (TPSA) is 58.4 Å². The van der Waals surface area contributed by atoms with Crippen molar-refractivity contribution in [2.24, 2.45) is 5.92 Å². The summed E-state index contributed by atoms with van der Waals surface area (Å²) in [4.78, 5) is 14.5. The van der Waals surface area contributed by atoms with E-state index in [1.165, 1.54) is 11.3 Å². The van der Waals surface area contributed by atoms with Crippen LogP contribution in [0.4, 0.5) is 11.4 Å². The highest BCUT2D eigenvalue weighted by Crippen LogP contribution is 2.29. The third kappa shape index (κ3) is 6.49. The Bertz CT molecular complexity index is 753. The van der Waals surface area contributed by atoms with Crippen LogP contribution in [-0.2, 0) is 11.2 Å². The second-order valence-electron chi connectivity index (χ2n) is 6.75. The predicted molar refractivity (Wildman–Crippen MR) is 119 cm³/mol. The van der Waals surface area contributed by atoms with Gasteiger partial charge in [0.15, 0.2) is 0 Å². The van der Waals surface area contributed by atoms with Crippen LogP contribution in [-0.4, -0.2) is 25.5 Å². The highest BCUT2D eigenvalue weighted by molar-refractivity contribution is 6.30. The highest BCUT2D eigenvalue weighted by Gasteiger charge is 2.24. The van der Waals surface area contributed by atoms with Crippen molar-refractivity contribution in [1.82, 2.24) is 5.32 Å². The van der Waals surface area contributed by atoms with Crippen molar-refractivity contribution >= 4 is 53.7 Å². The van der Waals surface area contributed by atoms with Crippen molar-refractivity contribution in [2.45, 2.75) is 19.8 Å². The molecule has 2 aromatic carbocycles. The molecule has 0 spiro atoms. The van der Waals surface area contributed by atoms with E-state index in [4.69, 9.17) is 17.3 Å². The standard InChI is InChI=1S/C20H24ClN3O.2ClH/c1-14-2-5-17(21)11-19(14)24-9-8-16(13-24)12-23-20(25)10-15-3-6-18(22)7-4-15;;/h2-7,11,16H,8-10,12-13,22H2,1H3,(H,23,25);2*1H. The van der Waals surface area contributed by atoms with Crippen LogP contribution in [0.2, 0.25) is 5.02 Å². The Morgan fingerprint density at radius 2 is 1.93 bits per heavy atom. The van der Waals surface area contributed by atoms with Crippen molar-refractivity contribution < 1.29 is 4.79 Å². The number of anilines is 2. The summed E-state index contributed by atoms with van der Waals surface area (Å²) in [5, 5.41) is 3.83. The fourth-order valence-electron chi connectivity index (χ4n) is 3.28. The number of aryl methyl sites for hydroxylation is 1. The molecule has 0 aromatic heterocycles. The third-order valence-corrected chi connectivity index (χ3v) is 4.97. The number of nitrogens with zero attached hydrogens (tertiary/aromatic N) is 1. The summed E-state index contributed by atoms with van der Waals surface area (Å²) in [6, 6.07) is 13.4. The lowest BCUT2D eigenvalue weighted by molar-refractivity contribution is -0.120. The lowest BCUT2D eigenvalue weighted by Crippen LogP contribution is -2.32. The van der Waals surface area contributed by atoms with Crippen LogP contribution in [0.15, 0.2) is 42.5 Å². The Kier molecular flexibility index (Phi) is 9.23. The Hall–Kier alpha value is -1.62. The summed E-state index contributed by atoms with van der Waals surface area (Å²) in [6.07, 6.45) is 1.47. The number of amides is 1. The minimum atomic E-state index is 0. The zero-order chi connectivity index (χ0) is 17.8. The number of benzene rings is 2. The number of hydrogen-bond donors (Lipinski definition) is 2. The molecule has 4 nitrogen and oxygen atoms in total. The van der Waals surface area contributed by atoms with Gasteiger partial charge in [0.2, 0.25) is 5.91 Å². The van der Waals surface area contributed by atoms with Gasteiger partial charge in [0.05, 0.1) is 6.42 Å². The van der Waals surface area contributed by atoms with Gasteiger partial charge in [0.1, 0.15) is 0 Å². The number of nitrogens with one attached hydrogen (secondary N) is 1. The summed E-state index contributed by atoms with van der Waals surface area (Å²) in [5.41, 5.74) is 9.79. The fourth-order valence-corrected chi connectivity index (χ4v) is 3.45. The van der Waals surface area contributed by atoms with Crippen LogP contribution in [0.25, 0.3) is 0 Å². The number of carbonyl (C=O) groups is 1. The van der Waals surface area contributed by atoms with Crippen molar-refractivity contribution in [3.63, 3.8) is 0 Å². The molecule has 1 aliphatic heterocycles. The molecule has 27 heavy (non-hydrogen) atoms. The molecule has 7 heteroatoms. The van der Waals surface area contributed by atoms with E-state index in [1.54, 1.807) is 0 Å². The molecule has 1 saturated heterocycles. The summed E-state index contributed by atoms with van der Waals surface area (Å²) in [6.45, 7) is 4.76. The average molecular weight is 431 g/mol. The van der Waals surface area contributed by atoms with Crippen LogP contribution in [0.5, 0.6) is 0 Å². The van der Waals surface area contributed by atoms with Crippen molar-refractivity contribution in [1.29, 1.82) is 0 Å². The van der Waals surface area contributed by atoms with E-state index in [0.717, 1.165) is 30.1 Å². The largest absolute Gasteiger partial charge is 0.399 e. The first-order valence-corrected chi connectivity index (χ1v) is 9.01. The maximum atomic E-state index is 12.1. The molecule has 0 bridgehead atoms. The molecular weight excluding hydrogens is 405 g/mol. The van der Waals surface area contributed by atoms with Gasteiger partial charge in [-0.05, 0) is 54.7 Å². The first-order valence-electron chi connectivity index (χ1n) is 8.63. The molecule has 0 saturated carbocycles. The molecule has 0 aliphatic carbocycles. The second-order valence-corrected chi connectivity index (χ2v) is 7.19. The van der Waals surface area contributed by atoms with E-state index in [-0.39, 0.29) is 30.7 Å². The van der Waals surface area contributed by atoms with E-state index < -0.39 is 0 Å². The van der Waals surface area contributed by atoms with Crippen molar-refractivity contribution in [2.75, 3.05) is 30.3 Å². The summed E-state index contributed by atoms with van der Waals surface area (Å²) in [5.74, 6) is 0.524. The minimum absolute atomic E-state index is 0. The number of halogens is 3. The molecule has 1 fully saturated rings. The molecule has 1 aliphatic rings. The van der Waals surface area contributed by atoms with Crippen LogP contribution >= 0.6 is 36.4 Å². The highest BCUT2D eigenvalue weighted by atomic mass is 35.5. The Labute approximate surface area is 178 Å². The van der Waals surface area contributed by atoms with E-state index in [1.807, 2.05) is 36.4 Å². The van der Waals surface area contributed by atoms with Gasteiger partial charge in [-0.15, -0.1) is 24.8 Å². The van der Waals surface area contributed by atoms with E-state index >= 15 is 0 Å². The molecule has 3 N–H and O–H groups in total. The monoisotopic (exact) mass is 429 g/mol. The fraction of sp³-hybridized carbons (Fsp3) is 0.350. The van der Waals surface area contributed by atoms with Gasteiger partial charge in [-0.25, -0.2) is 0 Å². The van der Waals surface area contributed by atoms with E-state index in [9.17, 15) is 4.79 Å². The molecule has 2 aromatic rings. The molecule has 3 rings (SSSR count). The maximum absolute atomic E-state index is 12.1. The number of carbonyl (C=O) groups excluding carboxylic acids is 1. The van der Waals surface area contributed by atoms with E-state index in [2.05, 4.69) is 23.2 Å². The van der Waals surface area contributed by atoms with Gasteiger partial charge in [0, 0.05) is 36.0 Å². The summed E-state index contributed by atoms with van der Waals surface area (Å²) < 4.78 is 0. The van der Waals surface area contributed by atoms with Gasteiger partial charge < -0.3 is 16.0 Å². The SMILES string of the molecule is Cc1ccc(Cl)cc1N1CCC(CNC(=O)Cc2ccc(N)cc2)C1.Cl.Cl. The lowest BCUT2D eigenvalue weighted by atomic mass is 10.1. The molecule has 1 amide bonds. The van der Waals surface area contributed by atoms with Crippen LogP contribution in [0.1, 0.15) is 17.5 Å². The second kappa shape index (κ2) is 10.6. The summed E-state index contributed by atoms with van der Waals surface area (Å²) in [7, 11) is 0. The quantitative estimate of drug-likeness (QED) is 0.697. The number of rotatable bonds is 5. The molecule has 0 radical (unpaired) electrons. The average Bonchev–Trinajstić information content (AvgIpc) is 3.06. The molecule has 148 valence electrons. The van der Waals surface area contributed by atoms with Crippen molar-refractivity contribution in [3.8, 4) is 0 Å². The number of nitrogen functional groups attached to an aromatic ring is 1. The number of hydrogen-bond acceptors (Lipinski definition) is 3. The molecular formula is C20H26Cl3N3O. The molecule has 1 heterocycles. The minimum Gasteiger partial charge on any atom is -0.399 e. The molecule has 1 atom stereocenters. The van der Waals surface area contributed by atoms with Crippen molar-refractivity contribution in [3.05, 3.63) is 58.6 Å². The lowest BCUT2D eigenvalue weighted by Gasteiger charge is -2.21. The van der Waals surface area contributed by atoms with Gasteiger partial charge >= 0.3 is 0 Å².